The van der Waals surface area contributed by atoms with Gasteiger partial charge < -0.3 is 0 Å². The summed E-state index contributed by atoms with van der Waals surface area (Å²) in [6, 6.07) is 12.5. The van der Waals surface area contributed by atoms with Gasteiger partial charge in [-0.25, -0.2) is 0 Å². The molecular formula is C27H19N5S2. The molecule has 0 unspecified atom stereocenters. The Bertz CT molecular complexity index is 1710. The first-order valence-electron chi connectivity index (χ1n) is 10.7. The van der Waals surface area contributed by atoms with Crippen molar-refractivity contribution in [1.82, 2.24) is 22.8 Å². The number of fused-ring (bicyclic) bond motifs is 3. The molecule has 0 atom stereocenters. The van der Waals surface area contributed by atoms with Crippen LogP contribution in [0.1, 0.15) is 33.9 Å². The predicted molar refractivity (Wildman–Crippen MR) is 145 cm³/mol. The Hall–Kier alpha value is -4.07. The maximum Gasteiger partial charge on any atom is 0.113 e. The largest absolute Gasteiger partial charge is 0.266 e. The highest BCUT2D eigenvalue weighted by Gasteiger charge is 2.12. The topological polar surface area (TPSA) is 47.5 Å². The quantitative estimate of drug-likeness (QED) is 0.254. The van der Waals surface area contributed by atoms with Gasteiger partial charge in [0.1, 0.15) is 5.69 Å². The molecule has 34 heavy (non-hydrogen) atoms. The third-order valence-corrected chi connectivity index (χ3v) is 7.49. The van der Waals surface area contributed by atoms with Crippen molar-refractivity contribution in [3.05, 3.63) is 100 Å². The van der Waals surface area contributed by atoms with E-state index in [-0.39, 0.29) is 0 Å². The van der Waals surface area contributed by atoms with E-state index in [1.54, 1.807) is 29.3 Å². The molecule has 4 aromatic rings. The van der Waals surface area contributed by atoms with Crippen molar-refractivity contribution in [3.8, 4) is 11.3 Å². The Labute approximate surface area is 204 Å². The summed E-state index contributed by atoms with van der Waals surface area (Å²) in [5.41, 5.74) is 10.1. The van der Waals surface area contributed by atoms with Crippen molar-refractivity contribution in [2.24, 2.45) is 0 Å². The summed E-state index contributed by atoms with van der Waals surface area (Å²) in [4.78, 5) is 4.62. The molecular weight excluding hydrogens is 458 g/mol. The highest BCUT2D eigenvalue weighted by atomic mass is 32.1. The summed E-state index contributed by atoms with van der Waals surface area (Å²) in [5, 5.41) is 12.9. The minimum Gasteiger partial charge on any atom is -0.266 e. The first kappa shape index (κ1) is 20.5. The number of hydrogen-bond donors (Lipinski definition) is 0. The predicted octanol–water partition coefficient (Wildman–Crippen LogP) is 7.23. The van der Waals surface area contributed by atoms with Gasteiger partial charge >= 0.3 is 0 Å². The first-order valence-corrected chi connectivity index (χ1v) is 12.3. The molecule has 7 heteroatoms. The summed E-state index contributed by atoms with van der Waals surface area (Å²) in [7, 11) is 0. The van der Waals surface area contributed by atoms with E-state index >= 15 is 0 Å². The molecule has 6 rings (SSSR count). The van der Waals surface area contributed by atoms with Gasteiger partial charge in [0, 0.05) is 27.5 Å². The molecule has 0 amide bonds. The van der Waals surface area contributed by atoms with E-state index in [2.05, 4.69) is 83.1 Å². The highest BCUT2D eigenvalue weighted by molar-refractivity contribution is 7.05. The average Bonchev–Trinajstić information content (AvgIpc) is 3.64. The van der Waals surface area contributed by atoms with E-state index in [0.717, 1.165) is 50.7 Å². The molecule has 0 aliphatic carbocycles. The van der Waals surface area contributed by atoms with Gasteiger partial charge in [0.25, 0.3) is 0 Å². The van der Waals surface area contributed by atoms with Crippen LogP contribution in [0.15, 0.2) is 66.5 Å². The number of hydrogen-bond acceptors (Lipinski definition) is 5. The lowest BCUT2D eigenvalue weighted by atomic mass is 10.1. The van der Waals surface area contributed by atoms with Crippen molar-refractivity contribution < 1.29 is 0 Å². The van der Waals surface area contributed by atoms with Crippen molar-refractivity contribution in [2.45, 2.75) is 0 Å². The summed E-state index contributed by atoms with van der Waals surface area (Å²) in [6.07, 6.45) is 13.7. The van der Waals surface area contributed by atoms with Crippen LogP contribution in [0.5, 0.6) is 0 Å². The van der Waals surface area contributed by atoms with Crippen molar-refractivity contribution in [3.63, 3.8) is 0 Å². The zero-order valence-electron chi connectivity index (χ0n) is 18.1. The minimum atomic E-state index is 0.759. The second-order valence-corrected chi connectivity index (χ2v) is 9.40. The summed E-state index contributed by atoms with van der Waals surface area (Å²) in [6.45, 7) is 7.89. The van der Waals surface area contributed by atoms with E-state index in [0.29, 0.717) is 0 Å². The number of rotatable bonds is 6. The molecule has 4 aromatic heterocycles. The fraction of sp³-hybridized carbons (Fsp3) is 0. The molecule has 2 aliphatic heterocycles. The molecule has 0 aromatic carbocycles. The zero-order chi connectivity index (χ0) is 23.1. The third-order valence-electron chi connectivity index (χ3n) is 5.74. The second kappa shape index (κ2) is 8.37. The van der Waals surface area contributed by atoms with Crippen LogP contribution in [0.3, 0.4) is 0 Å². The van der Waals surface area contributed by atoms with Crippen molar-refractivity contribution >= 4 is 70.6 Å². The fourth-order valence-electron chi connectivity index (χ4n) is 4.04. The van der Waals surface area contributed by atoms with Crippen molar-refractivity contribution in [2.75, 3.05) is 0 Å². The lowest BCUT2D eigenvalue weighted by molar-refractivity contribution is 1.08. The molecule has 0 saturated carbocycles. The summed E-state index contributed by atoms with van der Waals surface area (Å²) >= 11 is 3.32. The molecule has 0 fully saturated rings. The Morgan fingerprint density at radius 1 is 0.735 bits per heavy atom. The van der Waals surface area contributed by atoms with Gasteiger partial charge in [-0.3, -0.25) is 12.6 Å². The van der Waals surface area contributed by atoms with Gasteiger partial charge in [-0.15, -0.1) is 10.2 Å². The van der Waals surface area contributed by atoms with Crippen LogP contribution in [-0.4, -0.2) is 22.8 Å². The standard InChI is InChI=1S/C27H19N5S2/c1-3-18-15-21-11-13-33-31(21)26(18)9-6-20-5-7-23-24(29-30-25(23)17-28-20)8-10-27-19(4-2)16-22-12-14-34-32(22)27/h3-17H,1-2H2/b9-6+,10-8+. The van der Waals surface area contributed by atoms with E-state index in [4.69, 9.17) is 0 Å². The van der Waals surface area contributed by atoms with Crippen molar-refractivity contribution in [1.29, 1.82) is 0 Å². The summed E-state index contributed by atoms with van der Waals surface area (Å²) < 4.78 is 4.37. The lowest BCUT2D eigenvalue weighted by Crippen LogP contribution is -1.81. The van der Waals surface area contributed by atoms with Crippen LogP contribution in [-0.2, 0) is 0 Å². The van der Waals surface area contributed by atoms with Gasteiger partial charge in [0.15, 0.2) is 0 Å². The molecule has 0 radical (unpaired) electrons. The smallest absolute Gasteiger partial charge is 0.113 e. The molecule has 0 saturated heterocycles. The Balaban J connectivity index is 1.34. The Morgan fingerprint density at radius 2 is 1.38 bits per heavy atom. The van der Waals surface area contributed by atoms with E-state index in [1.165, 1.54) is 5.52 Å². The van der Waals surface area contributed by atoms with Crippen LogP contribution < -0.4 is 0 Å². The van der Waals surface area contributed by atoms with E-state index < -0.39 is 0 Å². The molecule has 5 nitrogen and oxygen atoms in total. The van der Waals surface area contributed by atoms with Crippen LogP contribution >= 0.6 is 23.1 Å². The zero-order valence-corrected chi connectivity index (χ0v) is 19.8. The third kappa shape index (κ3) is 3.42. The Kier molecular flexibility index (Phi) is 5.05. The maximum absolute atomic E-state index is 4.62. The number of aromatic nitrogens is 5. The highest BCUT2D eigenvalue weighted by Crippen LogP contribution is 2.27. The molecule has 0 N–H and O–H groups in total. The van der Waals surface area contributed by atoms with Crippen LogP contribution in [0.25, 0.3) is 58.7 Å². The molecule has 0 spiro atoms. The summed E-state index contributed by atoms with van der Waals surface area (Å²) in [5.74, 6) is 0. The van der Waals surface area contributed by atoms with E-state index in [9.17, 15) is 0 Å². The van der Waals surface area contributed by atoms with Gasteiger partial charge in [0.05, 0.1) is 40.0 Å². The van der Waals surface area contributed by atoms with Gasteiger partial charge in [-0.1, -0.05) is 48.4 Å². The average molecular weight is 478 g/mol. The first-order chi connectivity index (χ1) is 16.7. The second-order valence-electron chi connectivity index (χ2n) is 7.70. The Morgan fingerprint density at radius 3 is 2.03 bits per heavy atom. The SMILES string of the molecule is C=Cc1cc2ccsn2c1/C=C/c1ccc2c(/C=C/c3c(C=C)cc4ccsn34)nnc-2cn1. The normalized spacial score (nSPS) is 12.1. The molecule has 0 bridgehead atoms. The molecule has 164 valence electrons. The van der Waals surface area contributed by atoms with Crippen LogP contribution in [0.4, 0.5) is 0 Å². The number of nitrogens with zero attached hydrogens (tertiary/aromatic N) is 5. The lowest BCUT2D eigenvalue weighted by Gasteiger charge is -1.95. The van der Waals surface area contributed by atoms with Crippen LogP contribution in [0.2, 0.25) is 0 Å². The fourth-order valence-corrected chi connectivity index (χ4v) is 5.72. The molecule has 6 heterocycles. The van der Waals surface area contributed by atoms with Gasteiger partial charge in [-0.2, -0.15) is 0 Å². The van der Waals surface area contributed by atoms with Crippen LogP contribution in [0, 0.1) is 0 Å². The maximum atomic E-state index is 4.62. The minimum absolute atomic E-state index is 0.759. The van der Waals surface area contributed by atoms with Gasteiger partial charge in [-0.05, 0) is 60.7 Å². The van der Waals surface area contributed by atoms with E-state index in [1.807, 2.05) is 36.4 Å². The van der Waals surface area contributed by atoms with Gasteiger partial charge in [0.2, 0.25) is 0 Å². The monoisotopic (exact) mass is 477 g/mol. The molecule has 2 aliphatic rings.